The lowest BCUT2D eigenvalue weighted by Gasteiger charge is -2.08. The van der Waals surface area contributed by atoms with Gasteiger partial charge in [-0.3, -0.25) is 0 Å². The fourth-order valence-corrected chi connectivity index (χ4v) is 2.02. The van der Waals surface area contributed by atoms with Gasteiger partial charge in [-0.25, -0.2) is 0 Å². The predicted molar refractivity (Wildman–Crippen MR) is 66.7 cm³/mol. The van der Waals surface area contributed by atoms with Crippen LogP contribution in [0.1, 0.15) is 5.56 Å². The molecule has 1 heterocycles. The van der Waals surface area contributed by atoms with Crippen molar-refractivity contribution in [3.63, 3.8) is 0 Å². The number of alkyl halides is 3. The van der Waals surface area contributed by atoms with Crippen molar-refractivity contribution in [2.24, 2.45) is 0 Å². The quantitative estimate of drug-likeness (QED) is 0.593. The lowest BCUT2D eigenvalue weighted by atomic mass is 10.0. The number of hydrogen-bond acceptors (Lipinski definition) is 1. The van der Waals surface area contributed by atoms with Crippen LogP contribution in [0.5, 0.6) is 0 Å². The molecule has 0 aliphatic carbocycles. The minimum Gasteiger partial charge on any atom is -0.464 e. The second-order valence-corrected chi connectivity index (χ2v) is 4.25. The monoisotopic (exact) mass is 262 g/mol. The van der Waals surface area contributed by atoms with E-state index in [-0.39, 0.29) is 0 Å². The van der Waals surface area contributed by atoms with Gasteiger partial charge in [0.15, 0.2) is 0 Å². The molecule has 0 radical (unpaired) electrons. The molecule has 0 aliphatic rings. The van der Waals surface area contributed by atoms with E-state index in [9.17, 15) is 13.2 Å². The molecule has 3 rings (SSSR count). The van der Waals surface area contributed by atoms with Gasteiger partial charge < -0.3 is 4.42 Å². The summed E-state index contributed by atoms with van der Waals surface area (Å²) in [6, 6.07) is 12.4. The molecule has 0 amide bonds. The van der Waals surface area contributed by atoms with E-state index in [1.807, 2.05) is 6.07 Å². The van der Waals surface area contributed by atoms with Crippen molar-refractivity contribution >= 4 is 11.0 Å². The maximum absolute atomic E-state index is 12.7. The van der Waals surface area contributed by atoms with Crippen LogP contribution in [0.2, 0.25) is 0 Å². The summed E-state index contributed by atoms with van der Waals surface area (Å²) >= 11 is 0. The number of furan rings is 1. The van der Waals surface area contributed by atoms with Gasteiger partial charge in [-0.05, 0) is 41.5 Å². The van der Waals surface area contributed by atoms with E-state index in [1.54, 1.807) is 30.5 Å². The molecule has 0 aliphatic heterocycles. The van der Waals surface area contributed by atoms with Crippen molar-refractivity contribution in [2.45, 2.75) is 6.18 Å². The van der Waals surface area contributed by atoms with Crippen molar-refractivity contribution in [3.05, 3.63) is 60.4 Å². The molecule has 0 N–H and O–H groups in total. The van der Waals surface area contributed by atoms with Crippen LogP contribution in [-0.4, -0.2) is 0 Å². The van der Waals surface area contributed by atoms with E-state index in [1.165, 1.54) is 6.07 Å². The average Bonchev–Trinajstić information content (AvgIpc) is 2.85. The van der Waals surface area contributed by atoms with E-state index >= 15 is 0 Å². The van der Waals surface area contributed by atoms with Crippen LogP contribution in [0, 0.1) is 0 Å². The normalized spacial score (nSPS) is 11.9. The van der Waals surface area contributed by atoms with Gasteiger partial charge in [0.25, 0.3) is 0 Å². The van der Waals surface area contributed by atoms with Crippen molar-refractivity contribution in [3.8, 4) is 11.1 Å². The van der Waals surface area contributed by atoms with Crippen LogP contribution in [0.3, 0.4) is 0 Å². The van der Waals surface area contributed by atoms with Gasteiger partial charge in [-0.2, -0.15) is 13.2 Å². The van der Waals surface area contributed by atoms with Crippen LogP contribution in [0.15, 0.2) is 59.2 Å². The first-order valence-electron chi connectivity index (χ1n) is 5.69. The largest absolute Gasteiger partial charge is 0.464 e. The SMILES string of the molecule is FC(F)(F)c1cccc(-c2ccc3occc3c2)c1. The van der Waals surface area contributed by atoms with Crippen molar-refractivity contribution in [1.82, 2.24) is 0 Å². The minimum absolute atomic E-state index is 0.540. The predicted octanol–water partition coefficient (Wildman–Crippen LogP) is 5.12. The molecule has 0 atom stereocenters. The van der Waals surface area contributed by atoms with Gasteiger partial charge in [0.05, 0.1) is 11.8 Å². The van der Waals surface area contributed by atoms with Crippen LogP contribution >= 0.6 is 0 Å². The number of fused-ring (bicyclic) bond motifs is 1. The van der Waals surface area contributed by atoms with Gasteiger partial charge in [-0.15, -0.1) is 0 Å². The molecule has 0 fully saturated rings. The standard InChI is InChI=1S/C15H9F3O/c16-15(17,18)13-3-1-2-10(9-13)11-4-5-14-12(8-11)6-7-19-14/h1-9H. The Labute approximate surface area is 107 Å². The van der Waals surface area contributed by atoms with E-state index in [2.05, 4.69) is 0 Å². The molecule has 1 nitrogen and oxygen atoms in total. The summed E-state index contributed by atoms with van der Waals surface area (Å²) in [5.74, 6) is 0. The van der Waals surface area contributed by atoms with E-state index in [0.717, 1.165) is 28.7 Å². The van der Waals surface area contributed by atoms with E-state index in [0.29, 0.717) is 5.56 Å². The molecule has 0 bridgehead atoms. The molecule has 0 spiro atoms. The maximum atomic E-state index is 12.7. The third kappa shape index (κ3) is 2.21. The van der Waals surface area contributed by atoms with Gasteiger partial charge in [-0.1, -0.05) is 18.2 Å². The first-order chi connectivity index (χ1) is 9.04. The Hall–Kier alpha value is -2.23. The van der Waals surface area contributed by atoms with Crippen molar-refractivity contribution < 1.29 is 17.6 Å². The molecule has 2 aromatic carbocycles. The summed E-state index contributed by atoms with van der Waals surface area (Å²) in [5.41, 5.74) is 1.35. The number of hydrogen-bond donors (Lipinski definition) is 0. The zero-order valence-electron chi connectivity index (χ0n) is 9.74. The summed E-state index contributed by atoms with van der Waals surface area (Å²) < 4.78 is 43.2. The zero-order chi connectivity index (χ0) is 13.5. The highest BCUT2D eigenvalue weighted by atomic mass is 19.4. The topological polar surface area (TPSA) is 13.1 Å². The van der Waals surface area contributed by atoms with Crippen LogP contribution in [0.25, 0.3) is 22.1 Å². The molecule has 0 saturated carbocycles. The third-order valence-electron chi connectivity index (χ3n) is 2.98. The summed E-state index contributed by atoms with van der Waals surface area (Å²) in [4.78, 5) is 0. The van der Waals surface area contributed by atoms with E-state index < -0.39 is 11.7 Å². The molecular formula is C15H9F3O. The minimum atomic E-state index is -4.32. The second kappa shape index (κ2) is 4.16. The second-order valence-electron chi connectivity index (χ2n) is 4.25. The Morgan fingerprint density at radius 1 is 0.842 bits per heavy atom. The fraction of sp³-hybridized carbons (Fsp3) is 0.0667. The zero-order valence-corrected chi connectivity index (χ0v) is 9.74. The Morgan fingerprint density at radius 2 is 1.63 bits per heavy atom. The molecule has 0 saturated heterocycles. The maximum Gasteiger partial charge on any atom is 0.416 e. The molecule has 4 heteroatoms. The number of halogens is 3. The molecule has 0 unspecified atom stereocenters. The highest BCUT2D eigenvalue weighted by molar-refractivity contribution is 5.83. The summed E-state index contributed by atoms with van der Waals surface area (Å²) in [6.07, 6.45) is -2.77. The molecule has 3 aromatic rings. The Morgan fingerprint density at radius 3 is 2.42 bits per heavy atom. The smallest absolute Gasteiger partial charge is 0.416 e. The Bertz CT molecular complexity index is 725. The first kappa shape index (κ1) is 11.8. The van der Waals surface area contributed by atoms with E-state index in [4.69, 9.17) is 4.42 Å². The van der Waals surface area contributed by atoms with Crippen molar-refractivity contribution in [2.75, 3.05) is 0 Å². The summed E-state index contributed by atoms with van der Waals surface area (Å²) in [5, 5.41) is 0.870. The van der Waals surface area contributed by atoms with Crippen molar-refractivity contribution in [1.29, 1.82) is 0 Å². The highest BCUT2D eigenvalue weighted by Gasteiger charge is 2.30. The van der Waals surface area contributed by atoms with Crippen LogP contribution < -0.4 is 0 Å². The number of rotatable bonds is 1. The molecule has 96 valence electrons. The van der Waals surface area contributed by atoms with Gasteiger partial charge in [0, 0.05) is 5.39 Å². The first-order valence-corrected chi connectivity index (χ1v) is 5.69. The molecule has 1 aromatic heterocycles. The fourth-order valence-electron chi connectivity index (χ4n) is 2.02. The molecule has 19 heavy (non-hydrogen) atoms. The molecular weight excluding hydrogens is 253 g/mol. The Balaban J connectivity index is 2.10. The van der Waals surface area contributed by atoms with Crippen LogP contribution in [0.4, 0.5) is 13.2 Å². The van der Waals surface area contributed by atoms with Gasteiger partial charge in [0.2, 0.25) is 0 Å². The average molecular weight is 262 g/mol. The van der Waals surface area contributed by atoms with Crippen LogP contribution in [-0.2, 0) is 6.18 Å². The Kier molecular flexibility index (Phi) is 2.59. The highest BCUT2D eigenvalue weighted by Crippen LogP contribution is 2.33. The lowest BCUT2D eigenvalue weighted by molar-refractivity contribution is -0.137. The summed E-state index contributed by atoms with van der Waals surface area (Å²) in [7, 11) is 0. The lowest BCUT2D eigenvalue weighted by Crippen LogP contribution is -2.04. The summed E-state index contributed by atoms with van der Waals surface area (Å²) in [6.45, 7) is 0. The number of benzene rings is 2. The van der Waals surface area contributed by atoms with Gasteiger partial charge in [0.1, 0.15) is 5.58 Å². The van der Waals surface area contributed by atoms with Gasteiger partial charge >= 0.3 is 6.18 Å². The third-order valence-corrected chi connectivity index (χ3v) is 2.98.